The molecule has 0 radical (unpaired) electrons. The molecule has 4 nitrogen and oxygen atoms in total. The molecule has 0 saturated heterocycles. The van der Waals surface area contributed by atoms with Gasteiger partial charge in [-0.15, -0.1) is 0 Å². The summed E-state index contributed by atoms with van der Waals surface area (Å²) in [7, 11) is 0. The van der Waals surface area contributed by atoms with Crippen molar-refractivity contribution in [2.24, 2.45) is 5.10 Å². The second kappa shape index (κ2) is 7.93. The highest BCUT2D eigenvalue weighted by atomic mass is 19.1. The van der Waals surface area contributed by atoms with E-state index in [-0.39, 0.29) is 18.3 Å². The van der Waals surface area contributed by atoms with Crippen molar-refractivity contribution in [1.29, 1.82) is 0 Å². The largest absolute Gasteiger partial charge is 0.484 e. The molecule has 0 aliphatic rings. The van der Waals surface area contributed by atoms with Crippen LogP contribution in [0.25, 0.3) is 0 Å². The standard InChI is InChI=1S/C17H17FN2O2/c1-2-13-3-5-14(6-4-13)11-19-20-17(21)12-22-16-9-7-15(18)8-10-16/h3-11H,2,12H2,1H3,(H,20,21)/b19-11-. The van der Waals surface area contributed by atoms with Gasteiger partial charge in [0.25, 0.3) is 5.91 Å². The lowest BCUT2D eigenvalue weighted by Crippen LogP contribution is -2.24. The van der Waals surface area contributed by atoms with Crippen LogP contribution in [0.2, 0.25) is 0 Å². The van der Waals surface area contributed by atoms with Gasteiger partial charge in [0.05, 0.1) is 6.21 Å². The molecule has 0 aliphatic heterocycles. The number of ether oxygens (including phenoxy) is 1. The molecule has 2 rings (SSSR count). The van der Waals surface area contributed by atoms with Crippen LogP contribution >= 0.6 is 0 Å². The molecule has 0 saturated carbocycles. The van der Waals surface area contributed by atoms with E-state index >= 15 is 0 Å². The highest BCUT2D eigenvalue weighted by molar-refractivity contribution is 5.82. The van der Waals surface area contributed by atoms with Crippen LogP contribution in [0.4, 0.5) is 4.39 Å². The summed E-state index contributed by atoms with van der Waals surface area (Å²) >= 11 is 0. The van der Waals surface area contributed by atoms with Crippen molar-refractivity contribution in [3.8, 4) is 5.75 Å². The molecular weight excluding hydrogens is 283 g/mol. The van der Waals surface area contributed by atoms with E-state index < -0.39 is 0 Å². The lowest BCUT2D eigenvalue weighted by atomic mass is 10.1. The third kappa shape index (κ3) is 5.01. The Hall–Kier alpha value is -2.69. The van der Waals surface area contributed by atoms with Crippen LogP contribution in [0.3, 0.4) is 0 Å². The molecule has 1 amide bonds. The van der Waals surface area contributed by atoms with Crippen molar-refractivity contribution >= 4 is 12.1 Å². The molecule has 114 valence electrons. The fourth-order valence-electron chi connectivity index (χ4n) is 1.73. The summed E-state index contributed by atoms with van der Waals surface area (Å²) in [6.45, 7) is 1.90. The van der Waals surface area contributed by atoms with E-state index in [1.807, 2.05) is 24.3 Å². The number of amides is 1. The zero-order chi connectivity index (χ0) is 15.8. The number of hydrogen-bond donors (Lipinski definition) is 1. The van der Waals surface area contributed by atoms with Crippen molar-refractivity contribution < 1.29 is 13.9 Å². The first-order valence-electron chi connectivity index (χ1n) is 6.96. The number of nitrogens with zero attached hydrogens (tertiary/aromatic N) is 1. The van der Waals surface area contributed by atoms with Gasteiger partial charge in [-0.05, 0) is 41.8 Å². The van der Waals surface area contributed by atoms with Crippen molar-refractivity contribution in [2.75, 3.05) is 6.61 Å². The highest BCUT2D eigenvalue weighted by Crippen LogP contribution is 2.10. The van der Waals surface area contributed by atoms with Gasteiger partial charge in [-0.2, -0.15) is 5.10 Å². The van der Waals surface area contributed by atoms with Gasteiger partial charge >= 0.3 is 0 Å². The monoisotopic (exact) mass is 300 g/mol. The summed E-state index contributed by atoms with van der Waals surface area (Å²) in [4.78, 5) is 11.6. The van der Waals surface area contributed by atoms with E-state index in [1.165, 1.54) is 29.8 Å². The SMILES string of the molecule is CCc1ccc(/C=N\NC(=O)COc2ccc(F)cc2)cc1. The minimum atomic E-state index is -0.384. The average molecular weight is 300 g/mol. The Kier molecular flexibility index (Phi) is 5.65. The molecule has 1 N–H and O–H groups in total. The van der Waals surface area contributed by atoms with Crippen LogP contribution in [-0.2, 0) is 11.2 Å². The topological polar surface area (TPSA) is 50.7 Å². The number of carbonyl (C=O) groups excluding carboxylic acids is 1. The van der Waals surface area contributed by atoms with E-state index in [9.17, 15) is 9.18 Å². The van der Waals surface area contributed by atoms with Gasteiger partial charge in [0.2, 0.25) is 0 Å². The number of hydrazone groups is 1. The number of hydrogen-bond acceptors (Lipinski definition) is 3. The van der Waals surface area contributed by atoms with E-state index in [1.54, 1.807) is 6.21 Å². The minimum Gasteiger partial charge on any atom is -0.484 e. The van der Waals surface area contributed by atoms with Crippen LogP contribution < -0.4 is 10.2 Å². The second-order valence-corrected chi connectivity index (χ2v) is 4.63. The van der Waals surface area contributed by atoms with E-state index in [0.717, 1.165) is 12.0 Å². The fourth-order valence-corrected chi connectivity index (χ4v) is 1.73. The molecule has 2 aromatic rings. The second-order valence-electron chi connectivity index (χ2n) is 4.63. The van der Waals surface area contributed by atoms with Gasteiger partial charge in [-0.3, -0.25) is 4.79 Å². The Labute approximate surface area is 128 Å². The van der Waals surface area contributed by atoms with Crippen molar-refractivity contribution in [1.82, 2.24) is 5.43 Å². The molecule has 0 heterocycles. The molecule has 0 unspecified atom stereocenters. The predicted octanol–water partition coefficient (Wildman–Crippen LogP) is 2.92. The van der Waals surface area contributed by atoms with Gasteiger partial charge in [-0.1, -0.05) is 31.2 Å². The maximum Gasteiger partial charge on any atom is 0.277 e. The minimum absolute atomic E-state index is 0.183. The van der Waals surface area contributed by atoms with Crippen LogP contribution in [0.1, 0.15) is 18.1 Å². The summed E-state index contributed by atoms with van der Waals surface area (Å²) in [5, 5.41) is 3.86. The average Bonchev–Trinajstić information content (AvgIpc) is 2.55. The lowest BCUT2D eigenvalue weighted by Gasteiger charge is -2.04. The van der Waals surface area contributed by atoms with Crippen molar-refractivity contribution in [3.05, 3.63) is 65.5 Å². The number of rotatable bonds is 6. The molecule has 0 fully saturated rings. The fraction of sp³-hybridized carbons (Fsp3) is 0.176. The van der Waals surface area contributed by atoms with Crippen molar-refractivity contribution in [2.45, 2.75) is 13.3 Å². The Morgan fingerprint density at radius 3 is 2.50 bits per heavy atom. The summed E-state index contributed by atoms with van der Waals surface area (Å²) in [5.74, 6) is -0.308. The Morgan fingerprint density at radius 2 is 1.86 bits per heavy atom. The molecule has 2 aromatic carbocycles. The number of aryl methyl sites for hydroxylation is 1. The number of carbonyl (C=O) groups is 1. The molecular formula is C17H17FN2O2. The summed E-state index contributed by atoms with van der Waals surface area (Å²) in [6.07, 6.45) is 2.55. The van der Waals surface area contributed by atoms with Crippen LogP contribution in [-0.4, -0.2) is 18.7 Å². The molecule has 0 aliphatic carbocycles. The third-order valence-corrected chi connectivity index (χ3v) is 2.97. The first-order chi connectivity index (χ1) is 10.7. The lowest BCUT2D eigenvalue weighted by molar-refractivity contribution is -0.123. The normalized spacial score (nSPS) is 10.6. The van der Waals surface area contributed by atoms with Gasteiger partial charge in [0.1, 0.15) is 11.6 Å². The van der Waals surface area contributed by atoms with E-state index in [0.29, 0.717) is 5.75 Å². The maximum atomic E-state index is 12.7. The number of benzene rings is 2. The molecule has 0 bridgehead atoms. The number of halogens is 1. The maximum absolute atomic E-state index is 12.7. The first-order valence-corrected chi connectivity index (χ1v) is 6.96. The van der Waals surface area contributed by atoms with Gasteiger partial charge < -0.3 is 4.74 Å². The Morgan fingerprint density at radius 1 is 1.18 bits per heavy atom. The Balaban J connectivity index is 1.76. The molecule has 22 heavy (non-hydrogen) atoms. The van der Waals surface area contributed by atoms with Gasteiger partial charge in [0, 0.05) is 0 Å². The third-order valence-electron chi connectivity index (χ3n) is 2.97. The van der Waals surface area contributed by atoms with Crippen LogP contribution in [0.5, 0.6) is 5.75 Å². The molecule has 0 aromatic heterocycles. The zero-order valence-electron chi connectivity index (χ0n) is 12.3. The summed E-state index contributed by atoms with van der Waals surface area (Å²) in [6, 6.07) is 13.4. The van der Waals surface area contributed by atoms with E-state index in [2.05, 4.69) is 17.5 Å². The molecule has 0 spiro atoms. The smallest absolute Gasteiger partial charge is 0.277 e. The van der Waals surface area contributed by atoms with Crippen LogP contribution in [0.15, 0.2) is 53.6 Å². The Bertz CT molecular complexity index is 637. The molecule has 0 atom stereocenters. The van der Waals surface area contributed by atoms with Gasteiger partial charge in [-0.25, -0.2) is 9.82 Å². The first kappa shape index (κ1) is 15.7. The summed E-state index contributed by atoms with van der Waals surface area (Å²) in [5.41, 5.74) is 4.52. The number of nitrogens with one attached hydrogen (secondary N) is 1. The zero-order valence-corrected chi connectivity index (χ0v) is 12.3. The quantitative estimate of drug-likeness (QED) is 0.659. The highest BCUT2D eigenvalue weighted by Gasteiger charge is 2.01. The van der Waals surface area contributed by atoms with E-state index in [4.69, 9.17) is 4.74 Å². The summed E-state index contributed by atoms with van der Waals surface area (Å²) < 4.78 is 17.9. The van der Waals surface area contributed by atoms with Crippen molar-refractivity contribution in [3.63, 3.8) is 0 Å². The predicted molar refractivity (Wildman–Crippen MR) is 83.5 cm³/mol. The van der Waals surface area contributed by atoms with Gasteiger partial charge in [0.15, 0.2) is 6.61 Å². The van der Waals surface area contributed by atoms with Crippen LogP contribution in [0, 0.1) is 5.82 Å². The molecule has 5 heteroatoms.